The summed E-state index contributed by atoms with van der Waals surface area (Å²) in [6, 6.07) is 0. The molecule has 0 atom stereocenters. The van der Waals surface area contributed by atoms with Crippen LogP contribution >= 0.6 is 0 Å². The molecule has 102 valence electrons. The van der Waals surface area contributed by atoms with Gasteiger partial charge in [-0.1, -0.05) is 77.8 Å². The summed E-state index contributed by atoms with van der Waals surface area (Å²) in [4.78, 5) is 0. The SMILES string of the molecule is CC(C)[CH2][Al]([CH2]C(C)C)[O]C(C(C)C)C(C)C. The van der Waals surface area contributed by atoms with Crippen LogP contribution in [0.4, 0.5) is 0 Å². The molecule has 0 saturated heterocycles. The molecule has 0 aliphatic rings. The fraction of sp³-hybridized carbons (Fsp3) is 1.00. The Balaban J connectivity index is 4.46. The fourth-order valence-electron chi connectivity index (χ4n) is 2.57. The highest BCUT2D eigenvalue weighted by Gasteiger charge is 2.29. The number of hydrogen-bond donors (Lipinski definition) is 0. The zero-order valence-electron chi connectivity index (χ0n) is 13.3. The van der Waals surface area contributed by atoms with Crippen molar-refractivity contribution in [3.63, 3.8) is 0 Å². The molecule has 0 aromatic rings. The van der Waals surface area contributed by atoms with Gasteiger partial charge in [-0.05, 0) is 11.8 Å². The van der Waals surface area contributed by atoms with Crippen LogP contribution in [0.5, 0.6) is 0 Å². The van der Waals surface area contributed by atoms with Crippen molar-refractivity contribution < 1.29 is 3.79 Å². The highest BCUT2D eigenvalue weighted by atomic mass is 27.2. The Kier molecular flexibility index (Phi) is 8.82. The van der Waals surface area contributed by atoms with Gasteiger partial charge in [0.2, 0.25) is 0 Å². The zero-order valence-corrected chi connectivity index (χ0v) is 14.4. The van der Waals surface area contributed by atoms with Crippen LogP contribution in [0.3, 0.4) is 0 Å². The van der Waals surface area contributed by atoms with Crippen LogP contribution in [0.25, 0.3) is 0 Å². The number of rotatable bonds is 8. The summed E-state index contributed by atoms with van der Waals surface area (Å²) in [6.07, 6.45) is 0.462. The van der Waals surface area contributed by atoms with Crippen molar-refractivity contribution in [2.24, 2.45) is 23.7 Å². The van der Waals surface area contributed by atoms with E-state index in [1.165, 1.54) is 10.6 Å². The molecule has 1 nitrogen and oxygen atoms in total. The molecule has 0 fully saturated rings. The van der Waals surface area contributed by atoms with E-state index >= 15 is 0 Å². The smallest absolute Gasteiger partial charge is 0.461 e. The molecule has 0 bridgehead atoms. The van der Waals surface area contributed by atoms with Crippen molar-refractivity contribution >= 4 is 14.5 Å². The molecule has 0 aliphatic heterocycles. The van der Waals surface area contributed by atoms with Crippen molar-refractivity contribution in [1.29, 1.82) is 0 Å². The maximum absolute atomic E-state index is 6.53. The Hall–Kier alpha value is 0.492. The first-order valence-corrected chi connectivity index (χ1v) is 9.49. The van der Waals surface area contributed by atoms with E-state index in [9.17, 15) is 0 Å². The first-order valence-electron chi connectivity index (χ1n) is 7.39. The van der Waals surface area contributed by atoms with Gasteiger partial charge >= 0.3 is 14.5 Å². The normalized spacial score (nSPS) is 12.5. The van der Waals surface area contributed by atoms with Crippen LogP contribution in [0, 0.1) is 23.7 Å². The Morgan fingerprint density at radius 1 is 0.706 bits per heavy atom. The van der Waals surface area contributed by atoms with Gasteiger partial charge < -0.3 is 3.79 Å². The van der Waals surface area contributed by atoms with Crippen molar-refractivity contribution in [2.45, 2.75) is 72.1 Å². The largest absolute Gasteiger partial charge is 0.498 e. The van der Waals surface area contributed by atoms with E-state index in [-0.39, 0.29) is 0 Å². The van der Waals surface area contributed by atoms with E-state index in [1.54, 1.807) is 0 Å². The van der Waals surface area contributed by atoms with Crippen molar-refractivity contribution in [1.82, 2.24) is 0 Å². The molecule has 0 rings (SSSR count). The lowest BCUT2D eigenvalue weighted by molar-refractivity contribution is 0.100. The second-order valence-corrected chi connectivity index (χ2v) is 9.43. The summed E-state index contributed by atoms with van der Waals surface area (Å²) >= 11 is -1.02. The highest BCUT2D eigenvalue weighted by Crippen LogP contribution is 2.23. The lowest BCUT2D eigenvalue weighted by Crippen LogP contribution is -2.34. The lowest BCUT2D eigenvalue weighted by atomic mass is 9.97. The van der Waals surface area contributed by atoms with E-state index in [1.807, 2.05) is 0 Å². The Bertz CT molecular complexity index is 169. The first kappa shape index (κ1) is 17.5. The Labute approximate surface area is 114 Å². The molecule has 0 radical (unpaired) electrons. The summed E-state index contributed by atoms with van der Waals surface area (Å²) < 4.78 is 6.53. The zero-order chi connectivity index (χ0) is 13.6. The minimum atomic E-state index is -1.02. The van der Waals surface area contributed by atoms with Crippen LogP contribution in [0.15, 0.2) is 0 Å². The summed E-state index contributed by atoms with van der Waals surface area (Å²) in [5.74, 6) is 2.85. The average Bonchev–Trinajstić information content (AvgIpc) is 2.10. The van der Waals surface area contributed by atoms with Crippen LogP contribution in [0.1, 0.15) is 55.4 Å². The minimum Gasteiger partial charge on any atom is -0.498 e. The highest BCUT2D eigenvalue weighted by molar-refractivity contribution is 6.52. The molecule has 2 heteroatoms. The molecule has 0 amide bonds. The molecule has 0 aromatic heterocycles. The molecule has 0 heterocycles. The van der Waals surface area contributed by atoms with Gasteiger partial charge in [-0.15, -0.1) is 0 Å². The van der Waals surface area contributed by atoms with Crippen LogP contribution in [-0.2, 0) is 3.79 Å². The van der Waals surface area contributed by atoms with Crippen LogP contribution in [-0.4, -0.2) is 20.6 Å². The maximum atomic E-state index is 6.53. The molecule has 0 saturated carbocycles. The maximum Gasteiger partial charge on any atom is 0.461 e. The third kappa shape index (κ3) is 8.25. The van der Waals surface area contributed by atoms with Gasteiger partial charge in [-0.3, -0.25) is 0 Å². The van der Waals surface area contributed by atoms with Gasteiger partial charge in [-0.25, -0.2) is 0 Å². The van der Waals surface area contributed by atoms with Gasteiger partial charge in [-0.2, -0.15) is 0 Å². The molecule has 0 N–H and O–H groups in total. The molecular formula is C15H33AlO. The third-order valence-corrected chi connectivity index (χ3v) is 6.77. The van der Waals surface area contributed by atoms with E-state index in [0.717, 1.165) is 11.8 Å². The average molecular weight is 256 g/mol. The van der Waals surface area contributed by atoms with Gasteiger partial charge in [0.25, 0.3) is 0 Å². The second-order valence-electron chi connectivity index (χ2n) is 6.97. The van der Waals surface area contributed by atoms with Gasteiger partial charge in [0.15, 0.2) is 0 Å². The summed E-state index contributed by atoms with van der Waals surface area (Å²) in [7, 11) is 0. The topological polar surface area (TPSA) is 9.23 Å². The van der Waals surface area contributed by atoms with Crippen LogP contribution < -0.4 is 0 Å². The monoisotopic (exact) mass is 256 g/mol. The van der Waals surface area contributed by atoms with Gasteiger partial charge in [0, 0.05) is 6.10 Å². The molecule has 0 aliphatic carbocycles. The van der Waals surface area contributed by atoms with Crippen LogP contribution in [0.2, 0.25) is 10.6 Å². The summed E-state index contributed by atoms with van der Waals surface area (Å²) in [6.45, 7) is 18.5. The van der Waals surface area contributed by atoms with Crippen molar-refractivity contribution in [3.8, 4) is 0 Å². The minimum absolute atomic E-state index is 0.462. The quantitative estimate of drug-likeness (QED) is 0.556. The summed E-state index contributed by atoms with van der Waals surface area (Å²) in [5.41, 5.74) is 0. The fourth-order valence-corrected chi connectivity index (χ4v) is 6.16. The van der Waals surface area contributed by atoms with E-state index in [0.29, 0.717) is 17.9 Å². The molecule has 17 heavy (non-hydrogen) atoms. The molecule has 0 unspecified atom stereocenters. The van der Waals surface area contributed by atoms with Gasteiger partial charge in [0.1, 0.15) is 0 Å². The molecular weight excluding hydrogens is 223 g/mol. The predicted octanol–water partition coefficient (Wildman–Crippen LogP) is 4.99. The predicted molar refractivity (Wildman–Crippen MR) is 79.6 cm³/mol. The van der Waals surface area contributed by atoms with Crippen molar-refractivity contribution in [3.05, 3.63) is 0 Å². The lowest BCUT2D eigenvalue weighted by Gasteiger charge is -2.30. The first-order chi connectivity index (χ1) is 7.73. The van der Waals surface area contributed by atoms with E-state index in [2.05, 4.69) is 55.4 Å². The Morgan fingerprint density at radius 2 is 1.06 bits per heavy atom. The molecule has 0 spiro atoms. The molecule has 0 aromatic carbocycles. The number of hydrogen-bond acceptors (Lipinski definition) is 1. The van der Waals surface area contributed by atoms with Crippen molar-refractivity contribution in [2.75, 3.05) is 0 Å². The second kappa shape index (κ2) is 8.57. The standard InChI is InChI=1S/C7H15O.2C4H9.Al/c1-5(2)7(8)6(3)4;2*1-4(2)3;/h5-7H,1-4H3;2*4H,1H2,2-3H3;/q-1;;;+1. The van der Waals surface area contributed by atoms with Gasteiger partial charge in [0.05, 0.1) is 0 Å². The Morgan fingerprint density at radius 3 is 1.29 bits per heavy atom. The van der Waals surface area contributed by atoms with E-state index < -0.39 is 14.5 Å². The van der Waals surface area contributed by atoms with E-state index in [4.69, 9.17) is 3.79 Å². The third-order valence-electron chi connectivity index (χ3n) is 3.13. The summed E-state index contributed by atoms with van der Waals surface area (Å²) in [5, 5.41) is 2.66.